The molecule has 2 N–H and O–H groups in total. The highest BCUT2D eigenvalue weighted by molar-refractivity contribution is 7.91. The third-order valence-corrected chi connectivity index (χ3v) is 5.67. The van der Waals surface area contributed by atoms with Crippen LogP contribution in [0.3, 0.4) is 0 Å². The van der Waals surface area contributed by atoms with Crippen molar-refractivity contribution in [3.8, 4) is 11.5 Å². The number of hydrogen-bond donors (Lipinski definition) is 2. The molecule has 0 bridgehead atoms. The molecule has 20 heavy (non-hydrogen) atoms. The Balaban J connectivity index is 2.14. The van der Waals surface area contributed by atoms with Crippen LogP contribution in [0.15, 0.2) is 12.1 Å². The molecule has 0 saturated carbocycles. The van der Waals surface area contributed by atoms with Gasteiger partial charge in [0.1, 0.15) is 0 Å². The average molecular weight is 320 g/mol. The van der Waals surface area contributed by atoms with Crippen LogP contribution in [0.4, 0.5) is 0 Å². The van der Waals surface area contributed by atoms with E-state index in [4.69, 9.17) is 16.3 Å². The van der Waals surface area contributed by atoms with Crippen molar-refractivity contribution in [2.45, 2.75) is 25.4 Å². The van der Waals surface area contributed by atoms with Gasteiger partial charge >= 0.3 is 0 Å². The predicted octanol–water partition coefficient (Wildman–Crippen LogP) is 1.72. The SMILES string of the molecule is COc1cc(Cl)cc(CNC2(C)CCS(=O)(=O)C2)c1O. The van der Waals surface area contributed by atoms with Crippen LogP contribution in [-0.4, -0.2) is 37.7 Å². The zero-order valence-electron chi connectivity index (χ0n) is 11.4. The van der Waals surface area contributed by atoms with Crippen molar-refractivity contribution in [2.75, 3.05) is 18.6 Å². The quantitative estimate of drug-likeness (QED) is 0.884. The second-order valence-electron chi connectivity index (χ2n) is 5.37. The minimum Gasteiger partial charge on any atom is -0.504 e. The summed E-state index contributed by atoms with van der Waals surface area (Å²) in [6.45, 7) is 2.20. The van der Waals surface area contributed by atoms with Gasteiger partial charge in [-0.3, -0.25) is 0 Å². The lowest BCUT2D eigenvalue weighted by molar-refractivity contribution is 0.361. The van der Waals surface area contributed by atoms with Crippen LogP contribution in [0.5, 0.6) is 11.5 Å². The normalized spacial score (nSPS) is 24.8. The van der Waals surface area contributed by atoms with E-state index in [2.05, 4.69) is 5.32 Å². The van der Waals surface area contributed by atoms with Gasteiger partial charge in [0.2, 0.25) is 0 Å². The number of benzene rings is 1. The second kappa shape index (κ2) is 5.42. The molecule has 0 amide bonds. The highest BCUT2D eigenvalue weighted by Gasteiger charge is 2.37. The van der Waals surface area contributed by atoms with E-state index in [-0.39, 0.29) is 17.3 Å². The molecule has 0 aromatic heterocycles. The van der Waals surface area contributed by atoms with E-state index in [9.17, 15) is 13.5 Å². The molecule has 1 aliphatic rings. The van der Waals surface area contributed by atoms with Crippen molar-refractivity contribution in [3.05, 3.63) is 22.7 Å². The lowest BCUT2D eigenvalue weighted by Crippen LogP contribution is -2.42. The molecule has 1 aliphatic heterocycles. The molecule has 1 atom stereocenters. The fourth-order valence-corrected chi connectivity index (χ4v) is 4.73. The molecule has 2 rings (SSSR count). The largest absolute Gasteiger partial charge is 0.504 e. The van der Waals surface area contributed by atoms with Gasteiger partial charge in [0.25, 0.3) is 0 Å². The van der Waals surface area contributed by atoms with Crippen molar-refractivity contribution >= 4 is 21.4 Å². The maximum atomic E-state index is 11.5. The monoisotopic (exact) mass is 319 g/mol. The van der Waals surface area contributed by atoms with Gasteiger partial charge < -0.3 is 15.2 Å². The molecule has 1 heterocycles. The molecule has 1 fully saturated rings. The number of nitrogens with one attached hydrogen (secondary N) is 1. The summed E-state index contributed by atoms with van der Waals surface area (Å²) >= 11 is 5.96. The average Bonchev–Trinajstić information content (AvgIpc) is 2.65. The first-order chi connectivity index (χ1) is 9.25. The van der Waals surface area contributed by atoms with Gasteiger partial charge in [-0.05, 0) is 19.4 Å². The zero-order chi connectivity index (χ0) is 15.0. The standard InChI is InChI=1S/C13H18ClNO4S/c1-13(3-4-20(17,18)8-13)15-7-9-5-10(14)6-11(19-2)12(9)16/h5-6,15-16H,3-4,7-8H2,1-2H3. The van der Waals surface area contributed by atoms with Gasteiger partial charge in [0, 0.05) is 28.7 Å². The molecule has 5 nitrogen and oxygen atoms in total. The lowest BCUT2D eigenvalue weighted by Gasteiger charge is -2.24. The first kappa shape index (κ1) is 15.4. The maximum Gasteiger partial charge on any atom is 0.162 e. The molecule has 0 spiro atoms. The third kappa shape index (κ3) is 3.37. The molecule has 1 unspecified atom stereocenters. The number of rotatable bonds is 4. The van der Waals surface area contributed by atoms with Crippen molar-refractivity contribution in [3.63, 3.8) is 0 Å². The highest BCUT2D eigenvalue weighted by Crippen LogP contribution is 2.34. The fraction of sp³-hybridized carbons (Fsp3) is 0.538. The summed E-state index contributed by atoms with van der Waals surface area (Å²) in [7, 11) is -1.51. The van der Waals surface area contributed by atoms with Gasteiger partial charge in [-0.25, -0.2) is 8.42 Å². The van der Waals surface area contributed by atoms with Gasteiger partial charge in [0.15, 0.2) is 21.3 Å². The van der Waals surface area contributed by atoms with E-state index >= 15 is 0 Å². The Kier molecular flexibility index (Phi) is 4.18. The maximum absolute atomic E-state index is 11.5. The summed E-state index contributed by atoms with van der Waals surface area (Å²) in [5.74, 6) is 0.632. The zero-order valence-corrected chi connectivity index (χ0v) is 13.0. The molecule has 1 aromatic carbocycles. The molecular formula is C13H18ClNO4S. The summed E-state index contributed by atoms with van der Waals surface area (Å²) < 4.78 is 28.1. The molecule has 112 valence electrons. The van der Waals surface area contributed by atoms with Crippen LogP contribution in [0, 0.1) is 0 Å². The number of methoxy groups -OCH3 is 1. The Bertz CT molecular complexity index is 617. The lowest BCUT2D eigenvalue weighted by atomic mass is 10.0. The number of ether oxygens (including phenoxy) is 1. The number of hydrogen-bond acceptors (Lipinski definition) is 5. The summed E-state index contributed by atoms with van der Waals surface area (Å²) in [4.78, 5) is 0. The molecule has 0 aliphatic carbocycles. The van der Waals surface area contributed by atoms with E-state index in [1.165, 1.54) is 13.2 Å². The number of sulfone groups is 1. The number of phenols is 1. The topological polar surface area (TPSA) is 75.6 Å². The van der Waals surface area contributed by atoms with Crippen LogP contribution in [0.1, 0.15) is 18.9 Å². The molecule has 1 aromatic rings. The van der Waals surface area contributed by atoms with E-state index in [1.54, 1.807) is 6.07 Å². The summed E-state index contributed by atoms with van der Waals surface area (Å²) in [6, 6.07) is 3.17. The van der Waals surface area contributed by atoms with Gasteiger partial charge in [0.05, 0.1) is 18.6 Å². The molecule has 0 radical (unpaired) electrons. The summed E-state index contributed by atoms with van der Waals surface area (Å²) in [6.07, 6.45) is 0.563. The van der Waals surface area contributed by atoms with Gasteiger partial charge in [-0.2, -0.15) is 0 Å². The Labute approximate surface area is 123 Å². The Morgan fingerprint density at radius 1 is 1.50 bits per heavy atom. The third-order valence-electron chi connectivity index (χ3n) is 3.55. The van der Waals surface area contributed by atoms with Crippen LogP contribution in [0.25, 0.3) is 0 Å². The van der Waals surface area contributed by atoms with Crippen molar-refractivity contribution < 1.29 is 18.3 Å². The van der Waals surface area contributed by atoms with E-state index in [0.717, 1.165) is 0 Å². The van der Waals surface area contributed by atoms with Gasteiger partial charge in [-0.1, -0.05) is 11.6 Å². The van der Waals surface area contributed by atoms with Crippen LogP contribution in [0.2, 0.25) is 5.02 Å². The van der Waals surface area contributed by atoms with E-state index in [1.807, 2.05) is 6.92 Å². The summed E-state index contributed by atoms with van der Waals surface area (Å²) in [5, 5.41) is 13.7. The second-order valence-corrected chi connectivity index (χ2v) is 7.99. The smallest absolute Gasteiger partial charge is 0.162 e. The predicted molar refractivity (Wildman–Crippen MR) is 78.2 cm³/mol. The van der Waals surface area contributed by atoms with Crippen molar-refractivity contribution in [2.24, 2.45) is 0 Å². The first-order valence-electron chi connectivity index (χ1n) is 6.25. The van der Waals surface area contributed by atoms with E-state index in [0.29, 0.717) is 29.3 Å². The van der Waals surface area contributed by atoms with Crippen LogP contribution in [-0.2, 0) is 16.4 Å². The van der Waals surface area contributed by atoms with Crippen molar-refractivity contribution in [1.29, 1.82) is 0 Å². The molecular weight excluding hydrogens is 302 g/mol. The molecule has 7 heteroatoms. The Morgan fingerprint density at radius 3 is 2.75 bits per heavy atom. The number of halogens is 1. The summed E-state index contributed by atoms with van der Waals surface area (Å²) in [5.41, 5.74) is 0.112. The van der Waals surface area contributed by atoms with Crippen molar-refractivity contribution in [1.82, 2.24) is 5.32 Å². The fourth-order valence-electron chi connectivity index (χ4n) is 2.38. The van der Waals surface area contributed by atoms with Crippen LogP contribution >= 0.6 is 11.6 Å². The van der Waals surface area contributed by atoms with Gasteiger partial charge in [-0.15, -0.1) is 0 Å². The first-order valence-corrected chi connectivity index (χ1v) is 8.45. The Hall–Kier alpha value is -0.980. The molecule has 1 saturated heterocycles. The highest BCUT2D eigenvalue weighted by atomic mass is 35.5. The number of phenolic OH excluding ortho intramolecular Hbond substituents is 1. The minimum atomic E-state index is -2.97. The van der Waals surface area contributed by atoms with E-state index < -0.39 is 15.4 Å². The minimum absolute atomic E-state index is 0.0221. The number of aromatic hydroxyl groups is 1. The van der Waals surface area contributed by atoms with Crippen LogP contribution < -0.4 is 10.1 Å². The Morgan fingerprint density at radius 2 is 2.20 bits per heavy atom.